The Hall–Kier alpha value is -3.90. The highest BCUT2D eigenvalue weighted by molar-refractivity contribution is 8.48. The van der Waals surface area contributed by atoms with Gasteiger partial charge in [-0.05, 0) is 139 Å². The van der Waals surface area contributed by atoms with Crippen LogP contribution in [0.1, 0.15) is 131 Å². The molecule has 6 unspecified atom stereocenters. The summed E-state index contributed by atoms with van der Waals surface area (Å²) in [6.45, 7) is 18.3. The minimum Gasteiger partial charge on any atom is -0.465 e. The summed E-state index contributed by atoms with van der Waals surface area (Å²) in [5.41, 5.74) is 0.411. The summed E-state index contributed by atoms with van der Waals surface area (Å²) in [5, 5.41) is -1.44. The number of amides is 6. The number of hydrogen-bond acceptors (Lipinski definition) is 18. The normalized spacial score (nSPS) is 20.4. The number of morpholine rings is 2. The monoisotopic (exact) mass is 1260 g/mol. The number of nitrogens with zero attached hydrogens (tertiary/aromatic N) is 4. The van der Waals surface area contributed by atoms with Crippen LogP contribution in [0, 0.1) is 34.5 Å². The topological polar surface area (TPSA) is 186 Å². The van der Waals surface area contributed by atoms with Gasteiger partial charge in [-0.1, -0.05) is 106 Å². The third-order valence-electron chi connectivity index (χ3n) is 15.4. The van der Waals surface area contributed by atoms with E-state index in [1.165, 1.54) is 40.2 Å². The molecule has 456 valence electrons. The van der Waals surface area contributed by atoms with Crippen molar-refractivity contribution in [1.29, 1.82) is 0 Å². The van der Waals surface area contributed by atoms with Gasteiger partial charge in [0.2, 0.25) is 35.4 Å². The summed E-state index contributed by atoms with van der Waals surface area (Å²) in [5.74, 6) is -4.96. The number of carbonyl (C=O) groups is 8. The van der Waals surface area contributed by atoms with E-state index in [-0.39, 0.29) is 49.0 Å². The number of hydrogen-bond donors (Lipinski definition) is 0. The van der Waals surface area contributed by atoms with Gasteiger partial charge in [0, 0.05) is 32.1 Å². The predicted octanol–water partition coefficient (Wildman–Crippen LogP) is 10.6. The lowest BCUT2D eigenvalue weighted by Crippen LogP contribution is -2.47. The van der Waals surface area contributed by atoms with E-state index in [9.17, 15) is 38.4 Å². The minimum atomic E-state index is -1.49. The van der Waals surface area contributed by atoms with Gasteiger partial charge < -0.3 is 28.7 Å². The first-order chi connectivity index (χ1) is 39.6. The zero-order valence-electron chi connectivity index (χ0n) is 49.5. The molecule has 0 aliphatic carbocycles. The number of anilines is 2. The lowest BCUT2D eigenvalue weighted by atomic mass is 9.71. The molecule has 0 aromatic heterocycles. The number of rotatable bonds is 27. The molecule has 6 rings (SSSR count). The van der Waals surface area contributed by atoms with Crippen LogP contribution in [0.2, 0.25) is 0 Å². The van der Waals surface area contributed by atoms with Crippen LogP contribution in [-0.4, -0.2) is 152 Å². The molecule has 4 fully saturated rings. The largest absolute Gasteiger partial charge is 0.465 e. The van der Waals surface area contributed by atoms with Gasteiger partial charge in [0.25, 0.3) is 0 Å². The third kappa shape index (κ3) is 18.8. The van der Waals surface area contributed by atoms with Crippen molar-refractivity contribution in [3.63, 3.8) is 0 Å². The van der Waals surface area contributed by atoms with E-state index < -0.39 is 62.8 Å². The van der Waals surface area contributed by atoms with E-state index >= 15 is 0 Å². The fourth-order valence-electron chi connectivity index (χ4n) is 10.4. The lowest BCUT2D eigenvalue weighted by Gasteiger charge is -2.34. The van der Waals surface area contributed by atoms with Crippen LogP contribution in [0.5, 0.6) is 0 Å². The summed E-state index contributed by atoms with van der Waals surface area (Å²) in [4.78, 5) is 119. The molecular formula is C61H84N4O12S6. The molecule has 0 radical (unpaired) electrons. The number of benzene rings is 2. The Bertz CT molecular complexity index is 2600. The molecule has 4 saturated heterocycles. The first-order valence-electron chi connectivity index (χ1n) is 29.3. The maximum absolute atomic E-state index is 15.0. The molecule has 83 heavy (non-hydrogen) atoms. The summed E-state index contributed by atoms with van der Waals surface area (Å²) < 4.78 is 23.5. The molecule has 2 aromatic rings. The van der Waals surface area contributed by atoms with Crippen molar-refractivity contribution >= 4 is 137 Å². The zero-order valence-corrected chi connectivity index (χ0v) is 54.4. The van der Waals surface area contributed by atoms with Crippen molar-refractivity contribution in [2.45, 2.75) is 137 Å². The van der Waals surface area contributed by atoms with Crippen LogP contribution in [0.4, 0.5) is 11.4 Å². The highest BCUT2D eigenvalue weighted by atomic mass is 32.2. The van der Waals surface area contributed by atoms with Crippen LogP contribution in [0.3, 0.4) is 0 Å². The van der Waals surface area contributed by atoms with E-state index in [1.807, 2.05) is 24.3 Å². The van der Waals surface area contributed by atoms with E-state index in [4.69, 9.17) is 43.4 Å². The second-order valence-corrected chi connectivity index (χ2v) is 30.1. The standard InChI is InChI=1S/C61H84N4O12S6/c1-9-11-35-80-58(78)82-47(53(69)62-25-31-74-32-26-62)38-45-40(3)50(66)64(51(45)67)43-21-17-41(18-22-43)37-42-19-23-44(24-20-42)65-52(68)46(39-48(83-59(79)81-36-12-10-2)54(70)63-27-33-75-34-28-63)49(55(65)71)61(7,8)57(73)77-30-16-14-13-15-29-76-56(72)60(4,5)6/h17-24,40,45-49H,9-16,25-39H2,1-8H3. The smallest absolute Gasteiger partial charge is 0.312 e. The Morgan fingerprint density at radius 2 is 0.988 bits per heavy atom. The van der Waals surface area contributed by atoms with Crippen LogP contribution in [-0.2, 0) is 63.7 Å². The Labute approximate surface area is 518 Å². The molecule has 4 aliphatic heterocycles. The van der Waals surface area contributed by atoms with Crippen LogP contribution < -0.4 is 9.80 Å². The number of thiocarbonyl (C=S) groups is 2. The minimum absolute atomic E-state index is 0.0406. The number of carbonyl (C=O) groups excluding carboxylic acids is 8. The van der Waals surface area contributed by atoms with Gasteiger partial charge in [-0.3, -0.25) is 48.2 Å². The Morgan fingerprint density at radius 1 is 0.578 bits per heavy atom. The Kier molecular flexibility index (Phi) is 26.9. The number of ether oxygens (including phenoxy) is 4. The van der Waals surface area contributed by atoms with Crippen LogP contribution in [0.15, 0.2) is 48.5 Å². The fourth-order valence-corrected chi connectivity index (χ4v) is 16.1. The maximum atomic E-state index is 15.0. The van der Waals surface area contributed by atoms with Crippen molar-refractivity contribution in [3.8, 4) is 0 Å². The first kappa shape index (κ1) is 68.2. The number of unbranched alkanes of at least 4 members (excludes halogenated alkanes) is 5. The summed E-state index contributed by atoms with van der Waals surface area (Å²) in [6, 6.07) is 14.3. The summed E-state index contributed by atoms with van der Waals surface area (Å²) in [7, 11) is 0. The number of imide groups is 2. The van der Waals surface area contributed by atoms with E-state index in [0.29, 0.717) is 96.9 Å². The molecule has 0 saturated carbocycles. The van der Waals surface area contributed by atoms with Crippen molar-refractivity contribution in [1.82, 2.24) is 9.80 Å². The second kappa shape index (κ2) is 32.7. The molecule has 22 heteroatoms. The molecule has 0 spiro atoms. The fraction of sp³-hybridized carbons (Fsp3) is 0.639. The van der Waals surface area contributed by atoms with Crippen molar-refractivity contribution < 1.29 is 57.3 Å². The Balaban J connectivity index is 1.17. The average molecular weight is 1260 g/mol. The molecule has 4 heterocycles. The van der Waals surface area contributed by atoms with E-state index in [1.54, 1.807) is 87.4 Å². The van der Waals surface area contributed by atoms with Gasteiger partial charge in [0.1, 0.15) is 7.06 Å². The number of esters is 2. The first-order valence-corrected chi connectivity index (χ1v) is 33.8. The van der Waals surface area contributed by atoms with Gasteiger partial charge in [-0.2, -0.15) is 0 Å². The van der Waals surface area contributed by atoms with Crippen LogP contribution >= 0.6 is 71.5 Å². The number of thioether (sulfide) groups is 4. The van der Waals surface area contributed by atoms with Gasteiger partial charge in [0.15, 0.2) is 0 Å². The summed E-state index contributed by atoms with van der Waals surface area (Å²) >= 11 is 17.1. The average Bonchev–Trinajstić information content (AvgIpc) is 3.18. The molecule has 4 aliphatic rings. The molecular weight excluding hydrogens is 1170 g/mol. The van der Waals surface area contributed by atoms with E-state index in [0.717, 1.165) is 66.1 Å². The van der Waals surface area contributed by atoms with Crippen molar-refractivity contribution in [3.05, 3.63) is 59.7 Å². The highest BCUT2D eigenvalue weighted by Gasteiger charge is 2.58. The quantitative estimate of drug-likeness (QED) is 0.0355. The van der Waals surface area contributed by atoms with Crippen molar-refractivity contribution in [2.24, 2.45) is 34.5 Å². The molecule has 6 atom stereocenters. The molecule has 0 N–H and O–H groups in total. The van der Waals surface area contributed by atoms with Crippen LogP contribution in [0.25, 0.3) is 0 Å². The Morgan fingerprint density at radius 3 is 1.42 bits per heavy atom. The molecule has 16 nitrogen and oxygen atoms in total. The zero-order chi connectivity index (χ0) is 60.4. The van der Waals surface area contributed by atoms with Gasteiger partial charge in [0.05, 0.1) is 90.1 Å². The van der Waals surface area contributed by atoms with E-state index in [2.05, 4.69) is 13.8 Å². The van der Waals surface area contributed by atoms with Gasteiger partial charge in [-0.25, -0.2) is 0 Å². The highest BCUT2D eigenvalue weighted by Crippen LogP contribution is 2.46. The third-order valence-corrected chi connectivity index (χ3v) is 21.2. The maximum Gasteiger partial charge on any atom is 0.312 e. The molecule has 2 aromatic carbocycles. The second-order valence-electron chi connectivity index (χ2n) is 23.1. The van der Waals surface area contributed by atoms with Gasteiger partial charge >= 0.3 is 11.9 Å². The summed E-state index contributed by atoms with van der Waals surface area (Å²) in [6.07, 6.45) is 7.19. The lowest BCUT2D eigenvalue weighted by molar-refractivity contribution is -0.160. The molecule has 6 amide bonds. The SMILES string of the molecule is CCCCSC(=S)SC(CC1C(=O)N(c2ccc(Cc3ccc(N4C(=O)C(CC(SC(=S)SCCCC)C(=O)N5CCOCC5)C(C(C)(C)C(=O)OCCCCCCOC(=O)C(C)(C)C)C4=O)cc3)cc2)C(=O)C1C)C(=O)N1CCOCC1. The van der Waals surface area contributed by atoms with Gasteiger partial charge in [-0.15, -0.1) is 23.5 Å². The molecule has 0 bridgehead atoms. The van der Waals surface area contributed by atoms with Crippen molar-refractivity contribution in [2.75, 3.05) is 87.1 Å². The predicted molar refractivity (Wildman–Crippen MR) is 341 cm³/mol.